The van der Waals surface area contributed by atoms with E-state index in [0.29, 0.717) is 12.0 Å². The number of rotatable bonds is 2. The molecule has 1 aromatic heterocycles. The van der Waals surface area contributed by atoms with Crippen molar-refractivity contribution in [1.82, 2.24) is 9.78 Å². The van der Waals surface area contributed by atoms with Crippen molar-refractivity contribution in [2.75, 3.05) is 11.4 Å². The van der Waals surface area contributed by atoms with Crippen LogP contribution in [0.3, 0.4) is 0 Å². The first-order valence-electron chi connectivity index (χ1n) is 6.84. The van der Waals surface area contributed by atoms with Crippen molar-refractivity contribution in [3.63, 3.8) is 0 Å². The second-order valence-corrected chi connectivity index (χ2v) is 5.32. The zero-order valence-electron chi connectivity index (χ0n) is 12.5. The Hall–Kier alpha value is -2.29. The van der Waals surface area contributed by atoms with Gasteiger partial charge in [-0.3, -0.25) is 14.3 Å². The van der Waals surface area contributed by atoms with Gasteiger partial charge in [-0.05, 0) is 31.2 Å². The number of hydrogen-bond acceptors (Lipinski definition) is 3. The van der Waals surface area contributed by atoms with Gasteiger partial charge in [0.1, 0.15) is 5.69 Å². The van der Waals surface area contributed by atoms with E-state index in [9.17, 15) is 22.8 Å². The summed E-state index contributed by atoms with van der Waals surface area (Å²) in [6, 6.07) is 4.17. The van der Waals surface area contributed by atoms with E-state index >= 15 is 0 Å². The lowest BCUT2D eigenvalue weighted by Gasteiger charge is -2.32. The van der Waals surface area contributed by atoms with Gasteiger partial charge in [0, 0.05) is 12.2 Å². The third-order valence-corrected chi connectivity index (χ3v) is 3.77. The molecule has 2 heterocycles. The largest absolute Gasteiger partial charge is 0.416 e. The lowest BCUT2D eigenvalue weighted by Crippen LogP contribution is -2.43. The maximum Gasteiger partial charge on any atom is 0.416 e. The SMILES string of the molecule is C[C@H]1CN(c2ccc(C(F)(F)F)cc2)C(=O)c2c(C=O)cnn21.S. The molecule has 24 heavy (non-hydrogen) atoms. The quantitative estimate of drug-likeness (QED) is 0.777. The summed E-state index contributed by atoms with van der Waals surface area (Å²) >= 11 is 0. The van der Waals surface area contributed by atoms with Gasteiger partial charge in [-0.15, -0.1) is 0 Å². The molecule has 0 saturated heterocycles. The number of amides is 1. The summed E-state index contributed by atoms with van der Waals surface area (Å²) in [6.45, 7) is 2.08. The molecule has 0 spiro atoms. The number of nitrogens with zero attached hydrogens (tertiary/aromatic N) is 3. The maximum atomic E-state index is 12.6. The second kappa shape index (κ2) is 6.31. The molecule has 1 aliphatic heterocycles. The van der Waals surface area contributed by atoms with Crippen LogP contribution in [0.25, 0.3) is 0 Å². The Bertz CT molecular complexity index is 771. The Balaban J connectivity index is 0.00000208. The van der Waals surface area contributed by atoms with E-state index in [1.54, 1.807) is 0 Å². The topological polar surface area (TPSA) is 55.2 Å². The molecule has 0 aliphatic carbocycles. The molecule has 1 aromatic carbocycles. The van der Waals surface area contributed by atoms with Gasteiger partial charge < -0.3 is 4.90 Å². The molecule has 1 amide bonds. The number of alkyl halides is 3. The van der Waals surface area contributed by atoms with Crippen molar-refractivity contribution >= 4 is 31.4 Å². The molecule has 0 radical (unpaired) electrons. The maximum absolute atomic E-state index is 12.6. The molecule has 0 N–H and O–H groups in total. The van der Waals surface area contributed by atoms with Crippen LogP contribution < -0.4 is 4.90 Å². The molecule has 0 bridgehead atoms. The summed E-state index contributed by atoms with van der Waals surface area (Å²) < 4.78 is 39.3. The minimum Gasteiger partial charge on any atom is -0.305 e. The molecule has 0 unspecified atom stereocenters. The van der Waals surface area contributed by atoms with Gasteiger partial charge >= 0.3 is 6.18 Å². The minimum atomic E-state index is -4.43. The highest BCUT2D eigenvalue weighted by Crippen LogP contribution is 2.32. The van der Waals surface area contributed by atoms with Gasteiger partial charge in [-0.2, -0.15) is 31.8 Å². The normalized spacial score (nSPS) is 17.2. The van der Waals surface area contributed by atoms with E-state index in [-0.39, 0.29) is 37.3 Å². The number of aldehydes is 1. The highest BCUT2D eigenvalue weighted by atomic mass is 32.1. The van der Waals surface area contributed by atoms with Crippen molar-refractivity contribution in [3.05, 3.63) is 47.3 Å². The van der Waals surface area contributed by atoms with Crippen LogP contribution in [0.2, 0.25) is 0 Å². The van der Waals surface area contributed by atoms with E-state index < -0.39 is 17.6 Å². The Labute approximate surface area is 142 Å². The molecular weight excluding hydrogens is 343 g/mol. The van der Waals surface area contributed by atoms with E-state index in [1.807, 2.05) is 6.92 Å². The minimum absolute atomic E-state index is 0. The van der Waals surface area contributed by atoms with E-state index in [1.165, 1.54) is 27.9 Å². The number of fused-ring (bicyclic) bond motifs is 1. The molecule has 0 fully saturated rings. The summed E-state index contributed by atoms with van der Waals surface area (Å²) in [5, 5.41) is 4.02. The summed E-state index contributed by atoms with van der Waals surface area (Å²) in [7, 11) is 0. The van der Waals surface area contributed by atoms with E-state index in [2.05, 4.69) is 5.10 Å². The highest BCUT2D eigenvalue weighted by Gasteiger charge is 2.34. The predicted molar refractivity (Wildman–Crippen MR) is 85.8 cm³/mol. The molecule has 9 heteroatoms. The first-order valence-corrected chi connectivity index (χ1v) is 6.84. The predicted octanol–water partition coefficient (Wildman–Crippen LogP) is 3.05. The Kier molecular flexibility index (Phi) is 4.75. The molecule has 128 valence electrons. The van der Waals surface area contributed by atoms with Gasteiger partial charge in [0.2, 0.25) is 0 Å². The van der Waals surface area contributed by atoms with Crippen molar-refractivity contribution in [1.29, 1.82) is 0 Å². The zero-order valence-corrected chi connectivity index (χ0v) is 13.5. The fourth-order valence-electron chi connectivity index (χ4n) is 2.62. The van der Waals surface area contributed by atoms with Crippen LogP contribution in [0.15, 0.2) is 30.5 Å². The lowest BCUT2D eigenvalue weighted by atomic mass is 10.1. The summed E-state index contributed by atoms with van der Waals surface area (Å²) in [4.78, 5) is 25.0. The molecular formula is C15H14F3N3O2S. The highest BCUT2D eigenvalue weighted by molar-refractivity contribution is 7.59. The first-order chi connectivity index (χ1) is 10.8. The number of anilines is 1. The van der Waals surface area contributed by atoms with Gasteiger partial charge in [-0.1, -0.05) is 0 Å². The Morgan fingerprint density at radius 1 is 1.25 bits per heavy atom. The van der Waals surface area contributed by atoms with E-state index in [4.69, 9.17) is 0 Å². The number of halogens is 3. The fourth-order valence-corrected chi connectivity index (χ4v) is 2.62. The number of benzene rings is 1. The van der Waals surface area contributed by atoms with Crippen molar-refractivity contribution in [2.24, 2.45) is 0 Å². The van der Waals surface area contributed by atoms with Crippen LogP contribution in [0, 0.1) is 0 Å². The van der Waals surface area contributed by atoms with Gasteiger partial charge in [0.15, 0.2) is 6.29 Å². The van der Waals surface area contributed by atoms with Crippen LogP contribution in [0.5, 0.6) is 0 Å². The number of aromatic nitrogens is 2. The first kappa shape index (κ1) is 18.1. The van der Waals surface area contributed by atoms with E-state index in [0.717, 1.165) is 12.1 Å². The molecule has 0 saturated carbocycles. The van der Waals surface area contributed by atoms with Gasteiger partial charge in [0.25, 0.3) is 5.91 Å². The number of carbonyl (C=O) groups is 2. The van der Waals surface area contributed by atoms with Crippen LogP contribution in [-0.4, -0.2) is 28.5 Å². The van der Waals surface area contributed by atoms with Gasteiger partial charge in [-0.25, -0.2) is 0 Å². The summed E-state index contributed by atoms with van der Waals surface area (Å²) in [5.41, 5.74) is -0.117. The van der Waals surface area contributed by atoms with Gasteiger partial charge in [0.05, 0.1) is 23.4 Å². The van der Waals surface area contributed by atoms with Crippen LogP contribution in [0.4, 0.5) is 18.9 Å². The third-order valence-electron chi connectivity index (χ3n) is 3.77. The molecule has 1 aliphatic rings. The molecule has 1 atom stereocenters. The average molecular weight is 357 g/mol. The lowest BCUT2D eigenvalue weighted by molar-refractivity contribution is -0.137. The fraction of sp³-hybridized carbons (Fsp3) is 0.267. The van der Waals surface area contributed by atoms with Crippen molar-refractivity contribution < 1.29 is 22.8 Å². The smallest absolute Gasteiger partial charge is 0.305 e. The molecule has 3 rings (SSSR count). The Morgan fingerprint density at radius 3 is 2.42 bits per heavy atom. The van der Waals surface area contributed by atoms with Crippen LogP contribution in [-0.2, 0) is 6.18 Å². The molecule has 2 aromatic rings. The van der Waals surface area contributed by atoms with Crippen LogP contribution >= 0.6 is 13.5 Å². The standard InChI is InChI=1S/C15H12F3N3O2.H2S/c1-9-7-20(12-4-2-11(3-5-12)15(16,17)18)14(23)13-10(8-22)6-19-21(9)13;/h2-6,8-9H,7H2,1H3;1H2/t9-;/m0./s1. The average Bonchev–Trinajstić information content (AvgIpc) is 2.95. The van der Waals surface area contributed by atoms with Crippen molar-refractivity contribution in [2.45, 2.75) is 19.1 Å². The third kappa shape index (κ3) is 2.91. The van der Waals surface area contributed by atoms with Crippen LogP contribution in [0.1, 0.15) is 39.4 Å². The second-order valence-electron chi connectivity index (χ2n) is 5.32. The zero-order chi connectivity index (χ0) is 16.8. The molecule has 5 nitrogen and oxygen atoms in total. The summed E-state index contributed by atoms with van der Waals surface area (Å²) in [5.74, 6) is -0.456. The number of carbonyl (C=O) groups excluding carboxylic acids is 2. The Morgan fingerprint density at radius 2 is 1.88 bits per heavy atom. The summed E-state index contributed by atoms with van der Waals surface area (Å²) in [6.07, 6.45) is -2.58. The number of hydrogen-bond donors (Lipinski definition) is 0. The monoisotopic (exact) mass is 357 g/mol. The van der Waals surface area contributed by atoms with Crippen molar-refractivity contribution in [3.8, 4) is 0 Å².